The number of aryl methyl sites for hydroxylation is 2. The zero-order chi connectivity index (χ0) is 15.7. The highest BCUT2D eigenvalue weighted by Crippen LogP contribution is 2.16. The number of carboxylic acid groups (broad SMARTS) is 1. The predicted octanol–water partition coefficient (Wildman–Crippen LogP) is 0.545. The Kier molecular flexibility index (Phi) is 3.57. The third-order valence-electron chi connectivity index (χ3n) is 3.11. The molecule has 0 saturated carbocycles. The van der Waals surface area contributed by atoms with Crippen LogP contribution < -0.4 is 5.56 Å². The summed E-state index contributed by atoms with van der Waals surface area (Å²) in [5, 5.41) is 23.8. The van der Waals surface area contributed by atoms with Gasteiger partial charge in [0.15, 0.2) is 0 Å². The maximum absolute atomic E-state index is 11.9. The molecule has 0 aromatic carbocycles. The first-order valence-electron chi connectivity index (χ1n) is 5.91. The zero-order valence-electron chi connectivity index (χ0n) is 11.3. The number of nitro groups is 1. The second kappa shape index (κ2) is 5.19. The molecule has 110 valence electrons. The quantitative estimate of drug-likeness (QED) is 0.648. The highest BCUT2D eigenvalue weighted by molar-refractivity contribution is 5.88. The molecule has 0 spiro atoms. The minimum Gasteiger partial charge on any atom is -0.478 e. The van der Waals surface area contributed by atoms with Gasteiger partial charge in [0.1, 0.15) is 5.56 Å². The van der Waals surface area contributed by atoms with E-state index in [-0.39, 0.29) is 29.1 Å². The molecule has 2 aromatic rings. The van der Waals surface area contributed by atoms with Crippen molar-refractivity contribution in [1.82, 2.24) is 14.3 Å². The first-order chi connectivity index (χ1) is 9.81. The number of hydrogen-bond donors (Lipinski definition) is 1. The molecule has 1 N–H and O–H groups in total. The van der Waals surface area contributed by atoms with Crippen LogP contribution in [0.4, 0.5) is 5.69 Å². The van der Waals surface area contributed by atoms with Crippen LogP contribution in [0.5, 0.6) is 0 Å². The maximum atomic E-state index is 11.9. The van der Waals surface area contributed by atoms with E-state index in [9.17, 15) is 19.7 Å². The molecule has 2 rings (SSSR count). The molecule has 0 bridgehead atoms. The van der Waals surface area contributed by atoms with E-state index in [0.29, 0.717) is 0 Å². The van der Waals surface area contributed by atoms with Crippen LogP contribution in [0.15, 0.2) is 23.3 Å². The van der Waals surface area contributed by atoms with Gasteiger partial charge in [-0.1, -0.05) is 0 Å². The number of aromatic nitrogens is 3. The third kappa shape index (κ3) is 2.66. The lowest BCUT2D eigenvalue weighted by atomic mass is 10.2. The average Bonchev–Trinajstić information content (AvgIpc) is 2.74. The van der Waals surface area contributed by atoms with Crippen LogP contribution in [0.25, 0.3) is 0 Å². The zero-order valence-corrected chi connectivity index (χ0v) is 11.3. The highest BCUT2D eigenvalue weighted by atomic mass is 16.6. The van der Waals surface area contributed by atoms with Gasteiger partial charge in [0, 0.05) is 18.7 Å². The normalized spacial score (nSPS) is 10.6. The molecule has 21 heavy (non-hydrogen) atoms. The fourth-order valence-electron chi connectivity index (χ4n) is 1.96. The van der Waals surface area contributed by atoms with Crippen LogP contribution in [0.1, 0.15) is 21.6 Å². The Morgan fingerprint density at radius 2 is 2.19 bits per heavy atom. The van der Waals surface area contributed by atoms with Crippen molar-refractivity contribution in [3.63, 3.8) is 0 Å². The molecule has 9 nitrogen and oxygen atoms in total. The van der Waals surface area contributed by atoms with E-state index in [1.54, 1.807) is 0 Å². The highest BCUT2D eigenvalue weighted by Gasteiger charge is 2.18. The van der Waals surface area contributed by atoms with Crippen molar-refractivity contribution in [2.45, 2.75) is 13.5 Å². The van der Waals surface area contributed by atoms with Crippen molar-refractivity contribution in [2.75, 3.05) is 0 Å². The van der Waals surface area contributed by atoms with Gasteiger partial charge in [-0.05, 0) is 6.92 Å². The summed E-state index contributed by atoms with van der Waals surface area (Å²) in [6.07, 6.45) is 2.28. The van der Waals surface area contributed by atoms with E-state index in [2.05, 4.69) is 5.10 Å². The molecule has 0 fully saturated rings. The van der Waals surface area contributed by atoms with E-state index in [4.69, 9.17) is 5.11 Å². The second-order valence-electron chi connectivity index (χ2n) is 4.50. The molecule has 9 heteroatoms. The van der Waals surface area contributed by atoms with E-state index in [1.165, 1.54) is 24.9 Å². The van der Waals surface area contributed by atoms with Crippen molar-refractivity contribution in [3.05, 3.63) is 55.7 Å². The van der Waals surface area contributed by atoms with E-state index in [1.807, 2.05) is 0 Å². The molecule has 0 radical (unpaired) electrons. The molecule has 0 aliphatic heterocycles. The minimum absolute atomic E-state index is 0.0485. The number of nitrogens with zero attached hydrogens (tertiary/aromatic N) is 4. The largest absolute Gasteiger partial charge is 0.478 e. The molecule has 2 aromatic heterocycles. The van der Waals surface area contributed by atoms with Gasteiger partial charge in [0.2, 0.25) is 0 Å². The first-order valence-corrected chi connectivity index (χ1v) is 5.91. The molecule has 0 atom stereocenters. The smallest absolute Gasteiger partial charge is 0.339 e. The summed E-state index contributed by atoms with van der Waals surface area (Å²) in [6.45, 7) is 1.36. The maximum Gasteiger partial charge on any atom is 0.339 e. The van der Waals surface area contributed by atoms with Crippen LogP contribution >= 0.6 is 0 Å². The summed E-state index contributed by atoms with van der Waals surface area (Å²) in [6, 6.07) is 1.15. The first kappa shape index (κ1) is 14.4. The third-order valence-corrected chi connectivity index (χ3v) is 3.11. The van der Waals surface area contributed by atoms with Gasteiger partial charge < -0.3 is 9.67 Å². The Balaban J connectivity index is 2.52. The van der Waals surface area contributed by atoms with Crippen LogP contribution in [0, 0.1) is 17.0 Å². The van der Waals surface area contributed by atoms with Crippen LogP contribution in [-0.4, -0.2) is 30.3 Å². The number of hydrogen-bond acceptors (Lipinski definition) is 5. The molecular weight excluding hydrogens is 280 g/mol. The Bertz CT molecular complexity index is 789. The number of aromatic carboxylic acids is 1. The van der Waals surface area contributed by atoms with E-state index < -0.39 is 16.5 Å². The van der Waals surface area contributed by atoms with Crippen molar-refractivity contribution in [3.8, 4) is 0 Å². The molecular formula is C12H12N4O5. The molecule has 0 aliphatic rings. The van der Waals surface area contributed by atoms with Crippen LogP contribution in [0.2, 0.25) is 0 Å². The number of pyridine rings is 1. The topological polar surface area (TPSA) is 120 Å². The minimum atomic E-state index is -1.17. The summed E-state index contributed by atoms with van der Waals surface area (Å²) in [4.78, 5) is 33.3. The SMILES string of the molecule is Cc1cc(=O)n(Cc2c(C(=O)O)cnn2C)cc1[N+](=O)[O-]. The van der Waals surface area contributed by atoms with Crippen LogP contribution in [0.3, 0.4) is 0 Å². The fraction of sp³-hybridized carbons (Fsp3) is 0.250. The summed E-state index contributed by atoms with van der Waals surface area (Å²) >= 11 is 0. The van der Waals surface area contributed by atoms with Gasteiger partial charge >= 0.3 is 5.97 Å². The summed E-state index contributed by atoms with van der Waals surface area (Å²) in [5.74, 6) is -1.17. The number of carbonyl (C=O) groups is 1. The van der Waals surface area contributed by atoms with Gasteiger partial charge in [-0.2, -0.15) is 5.10 Å². The molecule has 0 aliphatic carbocycles. The second-order valence-corrected chi connectivity index (χ2v) is 4.50. The molecule has 0 saturated heterocycles. The molecule has 0 unspecified atom stereocenters. The average molecular weight is 292 g/mol. The lowest BCUT2D eigenvalue weighted by molar-refractivity contribution is -0.385. The van der Waals surface area contributed by atoms with Crippen molar-refractivity contribution >= 4 is 11.7 Å². The number of carboxylic acids is 1. The lowest BCUT2D eigenvalue weighted by Gasteiger charge is -2.08. The Hall–Kier alpha value is -2.97. The van der Waals surface area contributed by atoms with Gasteiger partial charge in [-0.25, -0.2) is 4.79 Å². The standard InChI is InChI=1S/C12H12N4O5/c1-7-3-11(17)15(5-9(7)16(20)21)6-10-8(12(18)19)4-13-14(10)2/h3-5H,6H2,1-2H3,(H,18,19). The summed E-state index contributed by atoms with van der Waals surface area (Å²) < 4.78 is 2.41. The Morgan fingerprint density at radius 1 is 1.52 bits per heavy atom. The van der Waals surface area contributed by atoms with Crippen molar-refractivity contribution in [2.24, 2.45) is 7.05 Å². The van der Waals surface area contributed by atoms with Crippen molar-refractivity contribution in [1.29, 1.82) is 0 Å². The monoisotopic (exact) mass is 292 g/mol. The van der Waals surface area contributed by atoms with Gasteiger partial charge in [-0.15, -0.1) is 0 Å². The fourth-order valence-corrected chi connectivity index (χ4v) is 1.96. The lowest BCUT2D eigenvalue weighted by Crippen LogP contribution is -2.22. The molecule has 2 heterocycles. The van der Waals surface area contributed by atoms with Crippen LogP contribution in [-0.2, 0) is 13.6 Å². The summed E-state index contributed by atoms with van der Waals surface area (Å²) in [7, 11) is 1.54. The molecule has 0 amide bonds. The predicted molar refractivity (Wildman–Crippen MR) is 71.4 cm³/mol. The van der Waals surface area contributed by atoms with Gasteiger partial charge in [-0.3, -0.25) is 19.6 Å². The van der Waals surface area contributed by atoms with Crippen molar-refractivity contribution < 1.29 is 14.8 Å². The summed E-state index contributed by atoms with van der Waals surface area (Å²) in [5.41, 5.74) is -0.163. The Morgan fingerprint density at radius 3 is 2.76 bits per heavy atom. The van der Waals surface area contributed by atoms with E-state index >= 15 is 0 Å². The number of rotatable bonds is 4. The van der Waals surface area contributed by atoms with E-state index in [0.717, 1.165) is 16.8 Å². The Labute approximate surface area is 118 Å². The van der Waals surface area contributed by atoms with Gasteiger partial charge in [0.05, 0.1) is 29.6 Å². The van der Waals surface area contributed by atoms with Gasteiger partial charge in [0.25, 0.3) is 11.2 Å².